The summed E-state index contributed by atoms with van der Waals surface area (Å²) in [5.41, 5.74) is 1.05. The zero-order chi connectivity index (χ0) is 18.6. The molecule has 4 rings (SSSR count). The van der Waals surface area contributed by atoms with Gasteiger partial charge in [-0.1, -0.05) is 36.4 Å². The molecule has 1 aliphatic rings. The second-order valence-electron chi connectivity index (χ2n) is 6.39. The quantitative estimate of drug-likeness (QED) is 0.582. The van der Waals surface area contributed by atoms with Crippen molar-refractivity contribution in [2.24, 2.45) is 0 Å². The van der Waals surface area contributed by atoms with Crippen LogP contribution in [-0.4, -0.2) is 29.9 Å². The summed E-state index contributed by atoms with van der Waals surface area (Å²) < 4.78 is 10.8. The predicted octanol–water partition coefficient (Wildman–Crippen LogP) is 4.71. The number of fused-ring (bicyclic) bond motifs is 2. The fourth-order valence-corrected chi connectivity index (χ4v) is 3.98. The fraction of sp³-hybridized carbons (Fsp3) is 0.227. The van der Waals surface area contributed by atoms with Crippen molar-refractivity contribution in [3.8, 4) is 11.5 Å². The summed E-state index contributed by atoms with van der Waals surface area (Å²) in [6.07, 6.45) is 0. The third kappa shape index (κ3) is 4.03. The normalized spacial score (nSPS) is 12.3. The van der Waals surface area contributed by atoms with Crippen molar-refractivity contribution >= 4 is 28.4 Å². The van der Waals surface area contributed by atoms with Crippen LogP contribution in [0.2, 0.25) is 0 Å². The first-order chi connectivity index (χ1) is 13.2. The third-order valence-corrected chi connectivity index (χ3v) is 5.61. The molecule has 27 heavy (non-hydrogen) atoms. The topological polar surface area (TPSA) is 38.8 Å². The van der Waals surface area contributed by atoms with Crippen molar-refractivity contribution in [3.05, 3.63) is 66.2 Å². The Hall–Kier alpha value is -2.66. The van der Waals surface area contributed by atoms with Gasteiger partial charge in [-0.2, -0.15) is 0 Å². The number of carbonyl (C=O) groups excluding carboxylic acids is 1. The van der Waals surface area contributed by atoms with Gasteiger partial charge in [-0.3, -0.25) is 4.79 Å². The number of thioether (sulfide) groups is 1. The van der Waals surface area contributed by atoms with Crippen LogP contribution in [0.3, 0.4) is 0 Å². The van der Waals surface area contributed by atoms with E-state index in [9.17, 15) is 4.79 Å². The highest BCUT2D eigenvalue weighted by molar-refractivity contribution is 8.00. The molecule has 0 bridgehead atoms. The molecule has 0 spiro atoms. The second kappa shape index (κ2) is 7.92. The Kier molecular flexibility index (Phi) is 5.21. The molecule has 1 heterocycles. The number of benzene rings is 3. The van der Waals surface area contributed by atoms with Crippen LogP contribution < -0.4 is 9.47 Å². The molecule has 0 saturated heterocycles. The van der Waals surface area contributed by atoms with E-state index >= 15 is 0 Å². The molecule has 4 nitrogen and oxygen atoms in total. The van der Waals surface area contributed by atoms with Crippen LogP contribution in [-0.2, 0) is 11.3 Å². The van der Waals surface area contributed by atoms with Gasteiger partial charge >= 0.3 is 0 Å². The summed E-state index contributed by atoms with van der Waals surface area (Å²) in [5.74, 6) is 2.08. The minimum Gasteiger partial charge on any atom is -0.454 e. The molecular formula is C22H21NO3S. The Balaban J connectivity index is 1.39. The third-order valence-electron chi connectivity index (χ3n) is 4.63. The lowest BCUT2D eigenvalue weighted by Crippen LogP contribution is -2.31. The largest absolute Gasteiger partial charge is 0.454 e. The lowest BCUT2D eigenvalue weighted by atomic mass is 10.1. The van der Waals surface area contributed by atoms with Gasteiger partial charge in [0.15, 0.2) is 11.5 Å². The van der Waals surface area contributed by atoms with Gasteiger partial charge in [0.05, 0.1) is 5.75 Å². The van der Waals surface area contributed by atoms with Gasteiger partial charge in [-0.05, 0) is 47.5 Å². The van der Waals surface area contributed by atoms with Crippen molar-refractivity contribution in [2.75, 3.05) is 19.1 Å². The van der Waals surface area contributed by atoms with Crippen LogP contribution in [0.1, 0.15) is 12.5 Å². The number of amides is 1. The zero-order valence-corrected chi connectivity index (χ0v) is 16.0. The van der Waals surface area contributed by atoms with Crippen molar-refractivity contribution < 1.29 is 14.3 Å². The summed E-state index contributed by atoms with van der Waals surface area (Å²) in [5, 5.41) is 2.41. The molecule has 1 aliphatic heterocycles. The summed E-state index contributed by atoms with van der Waals surface area (Å²) >= 11 is 1.58. The van der Waals surface area contributed by atoms with Crippen LogP contribution in [0.25, 0.3) is 10.8 Å². The van der Waals surface area contributed by atoms with Gasteiger partial charge in [-0.15, -0.1) is 11.8 Å². The monoisotopic (exact) mass is 379 g/mol. The number of carbonyl (C=O) groups is 1. The molecule has 0 radical (unpaired) electrons. The summed E-state index contributed by atoms with van der Waals surface area (Å²) in [7, 11) is 0. The molecule has 3 aromatic carbocycles. The van der Waals surface area contributed by atoms with Crippen molar-refractivity contribution in [2.45, 2.75) is 18.4 Å². The molecule has 3 aromatic rings. The number of ether oxygens (including phenoxy) is 2. The van der Waals surface area contributed by atoms with E-state index in [1.807, 2.05) is 42.2 Å². The molecule has 0 aliphatic carbocycles. The van der Waals surface area contributed by atoms with Gasteiger partial charge in [0.25, 0.3) is 0 Å². The Morgan fingerprint density at radius 1 is 1.00 bits per heavy atom. The van der Waals surface area contributed by atoms with E-state index in [1.54, 1.807) is 11.8 Å². The maximum Gasteiger partial charge on any atom is 0.233 e. The fourth-order valence-electron chi connectivity index (χ4n) is 3.13. The van der Waals surface area contributed by atoms with Crippen molar-refractivity contribution in [1.29, 1.82) is 0 Å². The first-order valence-electron chi connectivity index (χ1n) is 9.01. The Morgan fingerprint density at radius 3 is 2.67 bits per heavy atom. The molecule has 0 unspecified atom stereocenters. The zero-order valence-electron chi connectivity index (χ0n) is 15.2. The predicted molar refractivity (Wildman–Crippen MR) is 108 cm³/mol. The van der Waals surface area contributed by atoms with Crippen LogP contribution >= 0.6 is 11.8 Å². The highest BCUT2D eigenvalue weighted by Crippen LogP contribution is 2.33. The highest BCUT2D eigenvalue weighted by Gasteiger charge is 2.17. The number of hydrogen-bond donors (Lipinski definition) is 0. The second-order valence-corrected chi connectivity index (χ2v) is 7.44. The van der Waals surface area contributed by atoms with E-state index in [4.69, 9.17) is 9.47 Å². The van der Waals surface area contributed by atoms with E-state index in [2.05, 4.69) is 30.3 Å². The Labute approximate surface area is 163 Å². The molecule has 0 fully saturated rings. The van der Waals surface area contributed by atoms with E-state index in [0.717, 1.165) is 22.0 Å². The van der Waals surface area contributed by atoms with Crippen molar-refractivity contribution in [3.63, 3.8) is 0 Å². The van der Waals surface area contributed by atoms with Gasteiger partial charge < -0.3 is 14.4 Å². The smallest absolute Gasteiger partial charge is 0.233 e. The van der Waals surface area contributed by atoms with Crippen LogP contribution in [0.4, 0.5) is 0 Å². The molecule has 0 atom stereocenters. The minimum absolute atomic E-state index is 0.133. The van der Waals surface area contributed by atoms with Gasteiger partial charge in [0.2, 0.25) is 12.7 Å². The van der Waals surface area contributed by atoms with E-state index in [1.165, 1.54) is 10.8 Å². The first kappa shape index (κ1) is 17.7. The maximum absolute atomic E-state index is 12.7. The molecule has 0 N–H and O–H groups in total. The van der Waals surface area contributed by atoms with Crippen molar-refractivity contribution in [1.82, 2.24) is 4.90 Å². The van der Waals surface area contributed by atoms with E-state index in [-0.39, 0.29) is 12.7 Å². The molecule has 5 heteroatoms. The number of hydrogen-bond acceptors (Lipinski definition) is 4. The summed E-state index contributed by atoms with van der Waals surface area (Å²) in [6, 6.07) is 20.4. The first-order valence-corrected chi connectivity index (χ1v) is 9.99. The maximum atomic E-state index is 12.7. The van der Waals surface area contributed by atoms with Gasteiger partial charge in [0.1, 0.15) is 0 Å². The Morgan fingerprint density at radius 2 is 1.81 bits per heavy atom. The minimum atomic E-state index is 0.133. The molecule has 1 amide bonds. The van der Waals surface area contributed by atoms with E-state index < -0.39 is 0 Å². The molecule has 138 valence electrons. The molecule has 0 saturated carbocycles. The lowest BCUT2D eigenvalue weighted by Gasteiger charge is -2.21. The number of nitrogens with zero attached hydrogens (tertiary/aromatic N) is 1. The average molecular weight is 379 g/mol. The molecular weight excluding hydrogens is 358 g/mol. The SMILES string of the molecule is CCN(Cc1ccc2c(c1)OCO2)C(=O)CSc1ccc2ccccc2c1. The van der Waals surface area contributed by atoms with Crippen LogP contribution in [0.15, 0.2) is 65.6 Å². The lowest BCUT2D eigenvalue weighted by molar-refractivity contribution is -0.128. The van der Waals surface area contributed by atoms with Crippen LogP contribution in [0, 0.1) is 0 Å². The van der Waals surface area contributed by atoms with Crippen LogP contribution in [0.5, 0.6) is 11.5 Å². The molecule has 0 aromatic heterocycles. The van der Waals surface area contributed by atoms with Gasteiger partial charge in [0, 0.05) is 18.0 Å². The Bertz CT molecular complexity index is 973. The number of rotatable bonds is 6. The standard InChI is InChI=1S/C22H21NO3S/c1-2-23(13-16-7-10-20-21(11-16)26-15-25-20)22(24)14-27-19-9-8-17-5-3-4-6-18(17)12-19/h3-12H,2,13-15H2,1H3. The summed E-state index contributed by atoms with van der Waals surface area (Å²) in [4.78, 5) is 15.7. The summed E-state index contributed by atoms with van der Waals surface area (Å²) in [6.45, 7) is 3.51. The highest BCUT2D eigenvalue weighted by atomic mass is 32.2. The average Bonchev–Trinajstić information content (AvgIpc) is 3.18. The van der Waals surface area contributed by atoms with E-state index in [0.29, 0.717) is 18.8 Å². The van der Waals surface area contributed by atoms with Gasteiger partial charge in [-0.25, -0.2) is 0 Å².